The molecule has 3 amide bonds. The van der Waals surface area contributed by atoms with Crippen LogP contribution in [-0.4, -0.2) is 31.1 Å². The van der Waals surface area contributed by atoms with E-state index in [2.05, 4.69) is 40.2 Å². The molecule has 5 heteroatoms. The lowest BCUT2D eigenvalue weighted by atomic mass is 9.95. The molecule has 0 radical (unpaired) electrons. The molecule has 3 N–H and O–H groups in total. The molecule has 3 aliphatic rings. The topological polar surface area (TPSA) is 70.2 Å². The van der Waals surface area contributed by atoms with Crippen molar-refractivity contribution < 1.29 is 9.59 Å². The van der Waals surface area contributed by atoms with Gasteiger partial charge in [0, 0.05) is 18.5 Å². The molecule has 3 unspecified atom stereocenters. The van der Waals surface area contributed by atoms with Crippen molar-refractivity contribution in [1.29, 1.82) is 0 Å². The zero-order chi connectivity index (χ0) is 16.6. The molecule has 128 valence electrons. The highest BCUT2D eigenvalue weighted by molar-refractivity contribution is 5.87. The first kappa shape index (κ1) is 15.5. The fourth-order valence-electron chi connectivity index (χ4n) is 4.50. The maximum Gasteiger partial charge on any atom is 0.315 e. The Labute approximate surface area is 142 Å². The third kappa shape index (κ3) is 2.76. The van der Waals surface area contributed by atoms with Gasteiger partial charge in [0.25, 0.3) is 0 Å². The monoisotopic (exact) mass is 327 g/mol. The van der Waals surface area contributed by atoms with Crippen LogP contribution in [0.25, 0.3) is 0 Å². The number of hydrogen-bond donors (Lipinski definition) is 3. The van der Waals surface area contributed by atoms with E-state index in [0.29, 0.717) is 24.4 Å². The molecule has 2 aliphatic carbocycles. The van der Waals surface area contributed by atoms with E-state index in [4.69, 9.17) is 0 Å². The van der Waals surface area contributed by atoms with Crippen molar-refractivity contribution in [2.24, 2.45) is 5.92 Å². The highest BCUT2D eigenvalue weighted by Gasteiger charge is 2.57. The number of carbonyl (C=O) groups is 2. The van der Waals surface area contributed by atoms with Gasteiger partial charge >= 0.3 is 6.03 Å². The molecular weight excluding hydrogens is 302 g/mol. The van der Waals surface area contributed by atoms with Crippen LogP contribution in [0.4, 0.5) is 4.79 Å². The molecule has 1 aromatic rings. The third-order valence-corrected chi connectivity index (χ3v) is 5.98. The van der Waals surface area contributed by atoms with E-state index >= 15 is 0 Å². The third-order valence-electron chi connectivity index (χ3n) is 5.98. The molecule has 0 aromatic heterocycles. The highest BCUT2D eigenvalue weighted by atomic mass is 16.2. The molecule has 5 nitrogen and oxygen atoms in total. The maximum atomic E-state index is 12.1. The molecule has 1 heterocycles. The average Bonchev–Trinajstić information content (AvgIpc) is 3.23. The summed E-state index contributed by atoms with van der Waals surface area (Å²) < 4.78 is 0. The lowest BCUT2D eigenvalue weighted by molar-refractivity contribution is -0.122. The summed E-state index contributed by atoms with van der Waals surface area (Å²) in [6.45, 7) is 1.40. The van der Waals surface area contributed by atoms with Gasteiger partial charge in [-0.1, -0.05) is 24.3 Å². The van der Waals surface area contributed by atoms with Crippen molar-refractivity contribution in [3.8, 4) is 0 Å². The fraction of sp³-hybridized carbons (Fsp3) is 0.579. The Hall–Kier alpha value is -2.04. The van der Waals surface area contributed by atoms with Crippen molar-refractivity contribution in [3.63, 3.8) is 0 Å². The van der Waals surface area contributed by atoms with Crippen LogP contribution < -0.4 is 16.0 Å². The van der Waals surface area contributed by atoms with Crippen LogP contribution in [0, 0.1) is 5.92 Å². The number of amides is 3. The van der Waals surface area contributed by atoms with Crippen molar-refractivity contribution in [2.75, 3.05) is 13.1 Å². The first-order chi connectivity index (χ1) is 11.7. The number of nitrogens with one attached hydrogen (secondary N) is 3. The van der Waals surface area contributed by atoms with Gasteiger partial charge in [0.2, 0.25) is 5.91 Å². The SMILES string of the molecule is O=C(NCC1CC12CCc1ccccc12)NC1CCCCNC1=O. The second-order valence-electron chi connectivity index (χ2n) is 7.41. The van der Waals surface area contributed by atoms with Gasteiger partial charge in [-0.2, -0.15) is 0 Å². The van der Waals surface area contributed by atoms with Gasteiger partial charge in [-0.05, 0) is 55.6 Å². The fourth-order valence-corrected chi connectivity index (χ4v) is 4.50. The van der Waals surface area contributed by atoms with E-state index in [1.807, 2.05) is 0 Å². The Morgan fingerprint density at radius 1 is 1.29 bits per heavy atom. The molecular formula is C19H25N3O2. The standard InChI is InChI=1S/C19H25N3O2/c23-17-16(7-3-4-10-20-17)22-18(24)21-12-14-11-19(14)9-8-13-5-1-2-6-15(13)19/h1-2,5-6,14,16H,3-4,7-12H2,(H,20,23)(H2,21,22,24). The van der Waals surface area contributed by atoms with E-state index in [0.717, 1.165) is 32.1 Å². The number of hydrogen-bond acceptors (Lipinski definition) is 2. The Kier molecular flexibility index (Phi) is 3.94. The largest absolute Gasteiger partial charge is 0.354 e. The van der Waals surface area contributed by atoms with Crippen LogP contribution in [0.5, 0.6) is 0 Å². The minimum Gasteiger partial charge on any atom is -0.354 e. The van der Waals surface area contributed by atoms with Crippen LogP contribution in [0.1, 0.15) is 43.2 Å². The second kappa shape index (κ2) is 6.11. The minimum absolute atomic E-state index is 0.0599. The Morgan fingerprint density at radius 2 is 2.17 bits per heavy atom. The molecule has 1 aliphatic heterocycles. The van der Waals surface area contributed by atoms with Crippen LogP contribution in [0.15, 0.2) is 24.3 Å². The highest BCUT2D eigenvalue weighted by Crippen LogP contribution is 2.61. The minimum atomic E-state index is -0.395. The zero-order valence-electron chi connectivity index (χ0n) is 13.9. The van der Waals surface area contributed by atoms with Gasteiger partial charge < -0.3 is 16.0 Å². The van der Waals surface area contributed by atoms with E-state index in [1.54, 1.807) is 0 Å². The summed E-state index contributed by atoms with van der Waals surface area (Å²) in [5.41, 5.74) is 3.25. The number of rotatable bonds is 3. The van der Waals surface area contributed by atoms with E-state index in [1.165, 1.54) is 17.5 Å². The molecule has 1 saturated heterocycles. The van der Waals surface area contributed by atoms with Gasteiger partial charge in [-0.3, -0.25) is 4.79 Å². The van der Waals surface area contributed by atoms with Crippen molar-refractivity contribution in [2.45, 2.75) is 50.0 Å². The Bertz CT molecular complexity index is 660. The summed E-state index contributed by atoms with van der Waals surface area (Å²) >= 11 is 0. The molecule has 3 atom stereocenters. The quantitative estimate of drug-likeness (QED) is 0.793. The van der Waals surface area contributed by atoms with E-state index < -0.39 is 6.04 Å². The van der Waals surface area contributed by atoms with Gasteiger partial charge in [-0.15, -0.1) is 0 Å². The van der Waals surface area contributed by atoms with Crippen LogP contribution >= 0.6 is 0 Å². The van der Waals surface area contributed by atoms with Crippen LogP contribution in [0.2, 0.25) is 0 Å². The first-order valence-electron chi connectivity index (χ1n) is 9.09. The lowest BCUT2D eigenvalue weighted by Gasteiger charge is -2.16. The number of urea groups is 1. The Morgan fingerprint density at radius 3 is 3.08 bits per heavy atom. The predicted molar refractivity (Wildman–Crippen MR) is 91.7 cm³/mol. The van der Waals surface area contributed by atoms with Gasteiger partial charge in [-0.25, -0.2) is 4.79 Å². The summed E-state index contributed by atoms with van der Waals surface area (Å²) in [6, 6.07) is 8.09. The van der Waals surface area contributed by atoms with Crippen molar-refractivity contribution in [3.05, 3.63) is 35.4 Å². The zero-order valence-corrected chi connectivity index (χ0v) is 13.9. The number of benzene rings is 1. The second-order valence-corrected chi connectivity index (χ2v) is 7.41. The number of fused-ring (bicyclic) bond motifs is 2. The summed E-state index contributed by atoms with van der Waals surface area (Å²) in [6.07, 6.45) is 6.18. The summed E-state index contributed by atoms with van der Waals surface area (Å²) in [4.78, 5) is 24.0. The average molecular weight is 327 g/mol. The van der Waals surface area contributed by atoms with Gasteiger partial charge in [0.15, 0.2) is 0 Å². The van der Waals surface area contributed by atoms with E-state index in [-0.39, 0.29) is 11.9 Å². The van der Waals surface area contributed by atoms with Crippen molar-refractivity contribution >= 4 is 11.9 Å². The van der Waals surface area contributed by atoms with Crippen LogP contribution in [0.3, 0.4) is 0 Å². The summed E-state index contributed by atoms with van der Waals surface area (Å²) in [5.74, 6) is 0.463. The predicted octanol–water partition coefficient (Wildman–Crippen LogP) is 1.86. The molecule has 0 bridgehead atoms. The molecule has 4 rings (SSSR count). The number of aryl methyl sites for hydroxylation is 1. The Balaban J connectivity index is 1.29. The van der Waals surface area contributed by atoms with Crippen molar-refractivity contribution in [1.82, 2.24) is 16.0 Å². The normalized spacial score (nSPS) is 31.1. The van der Waals surface area contributed by atoms with Crippen LogP contribution in [-0.2, 0) is 16.6 Å². The molecule has 1 saturated carbocycles. The molecule has 1 aromatic carbocycles. The first-order valence-corrected chi connectivity index (χ1v) is 9.09. The van der Waals surface area contributed by atoms with Gasteiger partial charge in [0.1, 0.15) is 6.04 Å². The van der Waals surface area contributed by atoms with E-state index in [9.17, 15) is 9.59 Å². The molecule has 1 spiro atoms. The summed E-state index contributed by atoms with van der Waals surface area (Å²) in [7, 11) is 0. The van der Waals surface area contributed by atoms with Gasteiger partial charge in [0.05, 0.1) is 0 Å². The summed E-state index contributed by atoms with van der Waals surface area (Å²) in [5, 5.41) is 8.66. The molecule has 2 fully saturated rings. The number of carbonyl (C=O) groups excluding carboxylic acids is 2. The lowest BCUT2D eigenvalue weighted by Crippen LogP contribution is -2.49. The molecule has 24 heavy (non-hydrogen) atoms. The maximum absolute atomic E-state index is 12.1. The smallest absolute Gasteiger partial charge is 0.315 e.